The van der Waals surface area contributed by atoms with Gasteiger partial charge in [-0.2, -0.15) is 0 Å². The van der Waals surface area contributed by atoms with Crippen LogP contribution in [-0.4, -0.2) is 128 Å². The molecule has 1 saturated carbocycles. The molecule has 12 nitrogen and oxygen atoms in total. The van der Waals surface area contributed by atoms with Gasteiger partial charge in [0.1, 0.15) is 24.4 Å². The van der Waals surface area contributed by atoms with E-state index in [1.165, 1.54) is 0 Å². The maximum absolute atomic E-state index is 15.0. The molecule has 4 aliphatic heterocycles. The van der Waals surface area contributed by atoms with Crippen molar-refractivity contribution in [3.05, 3.63) is 0 Å². The van der Waals surface area contributed by atoms with E-state index in [4.69, 9.17) is 18.9 Å². The van der Waals surface area contributed by atoms with E-state index in [2.05, 4.69) is 152 Å². The van der Waals surface area contributed by atoms with Crippen LogP contribution in [0.2, 0.25) is 0 Å². The van der Waals surface area contributed by atoms with Gasteiger partial charge in [0.25, 0.3) is 0 Å². The van der Waals surface area contributed by atoms with Crippen LogP contribution in [0.5, 0.6) is 0 Å². The number of likely N-dealkylation sites (tertiary alicyclic amines) is 3. The molecule has 1 N–H and O–H groups in total. The Morgan fingerprint density at radius 1 is 0.383 bits per heavy atom. The van der Waals surface area contributed by atoms with Crippen LogP contribution in [0.15, 0.2) is 0 Å². The predicted octanol–water partition coefficient (Wildman–Crippen LogP) is 7.29. The summed E-state index contributed by atoms with van der Waals surface area (Å²) in [5.41, 5.74) is -2.30. The zero-order valence-electron chi connectivity index (χ0n) is 41.1. The van der Waals surface area contributed by atoms with Gasteiger partial charge in [-0.1, -0.05) is 0 Å². The van der Waals surface area contributed by atoms with E-state index in [1.54, 1.807) is 0 Å². The maximum Gasteiger partial charge on any atom is 0.310 e. The van der Waals surface area contributed by atoms with Gasteiger partial charge in [-0.15, -0.1) is 0 Å². The molecule has 0 spiro atoms. The van der Waals surface area contributed by atoms with Crippen molar-refractivity contribution in [2.45, 2.75) is 237 Å². The number of hydrogen-bond acceptors (Lipinski definition) is 12. The summed E-state index contributed by atoms with van der Waals surface area (Å²) in [6.07, 6.45) is 2.75. The summed E-state index contributed by atoms with van der Waals surface area (Å²) < 4.78 is 25.7. The monoisotopic (exact) mass is 845 g/mol. The fourth-order valence-corrected chi connectivity index (χ4v) is 12.6. The van der Waals surface area contributed by atoms with E-state index in [0.29, 0.717) is 51.4 Å². The van der Waals surface area contributed by atoms with Crippen molar-refractivity contribution in [2.75, 3.05) is 21.1 Å². The smallest absolute Gasteiger partial charge is 0.310 e. The summed E-state index contributed by atoms with van der Waals surface area (Å²) in [6.45, 7) is 34.0. The zero-order chi connectivity index (χ0) is 45.6. The molecule has 0 aromatic carbocycles. The highest BCUT2D eigenvalue weighted by Gasteiger charge is 2.60. The Labute approximate surface area is 363 Å². The Morgan fingerprint density at radius 2 is 0.600 bits per heavy atom. The minimum atomic E-state index is -1.30. The molecule has 4 atom stereocenters. The van der Waals surface area contributed by atoms with Gasteiger partial charge in [-0.3, -0.25) is 33.9 Å². The van der Waals surface area contributed by atoms with Crippen LogP contribution >= 0.6 is 0 Å². The lowest BCUT2D eigenvalue weighted by molar-refractivity contribution is -0.183. The second-order valence-electron chi connectivity index (χ2n) is 24.8. The molecular weight excluding hydrogens is 761 g/mol. The molecule has 0 amide bonds. The third-order valence-corrected chi connectivity index (χ3v) is 16.0. The fourth-order valence-electron chi connectivity index (χ4n) is 12.6. The van der Waals surface area contributed by atoms with E-state index in [-0.39, 0.29) is 50.7 Å². The predicted molar refractivity (Wildman–Crippen MR) is 234 cm³/mol. The second-order valence-corrected chi connectivity index (χ2v) is 24.8. The van der Waals surface area contributed by atoms with Gasteiger partial charge >= 0.3 is 23.9 Å². The molecule has 4 saturated heterocycles. The lowest BCUT2D eigenvalue weighted by Crippen LogP contribution is -2.61. The number of ether oxygens (including phenoxy) is 4. The first-order valence-electron chi connectivity index (χ1n) is 22.8. The molecule has 4 heterocycles. The minimum absolute atomic E-state index is 0.0802. The van der Waals surface area contributed by atoms with Crippen molar-refractivity contribution >= 4 is 23.9 Å². The molecule has 0 aromatic heterocycles. The highest BCUT2D eigenvalue weighted by Crippen LogP contribution is 2.49. The average molecular weight is 845 g/mol. The van der Waals surface area contributed by atoms with Gasteiger partial charge in [-0.25, -0.2) is 0 Å². The highest BCUT2D eigenvalue weighted by atomic mass is 16.6. The molecule has 5 rings (SSSR count). The van der Waals surface area contributed by atoms with Crippen molar-refractivity contribution in [3.63, 3.8) is 0 Å². The molecule has 4 unspecified atom stereocenters. The van der Waals surface area contributed by atoms with Gasteiger partial charge < -0.3 is 24.3 Å². The SMILES string of the molecule is CN1C(C)(C)CC(OC(=O)C2CC(C(=O)OC3CC(C)(C)NC(C)(C)C3)C(C(=O)OC3CC(C)(C)N(C)C(C)(C)C3)C2C(=O)OC2CC(C)(C)N(C)C(C)(C)C2)CC1(C)C. The zero-order valence-corrected chi connectivity index (χ0v) is 41.1. The first kappa shape index (κ1) is 48.7. The van der Waals surface area contributed by atoms with Crippen LogP contribution in [0.4, 0.5) is 0 Å². The summed E-state index contributed by atoms with van der Waals surface area (Å²) >= 11 is 0. The van der Waals surface area contributed by atoms with Crippen molar-refractivity contribution in [1.82, 2.24) is 20.0 Å². The Kier molecular flexibility index (Phi) is 13.0. The Morgan fingerprint density at radius 3 is 0.850 bits per heavy atom. The Hall–Kier alpha value is -2.28. The van der Waals surface area contributed by atoms with Crippen molar-refractivity contribution < 1.29 is 38.1 Å². The number of piperidine rings is 4. The van der Waals surface area contributed by atoms with Gasteiger partial charge in [0.2, 0.25) is 0 Å². The van der Waals surface area contributed by atoms with Gasteiger partial charge in [0, 0.05) is 95.7 Å². The maximum atomic E-state index is 15.0. The highest BCUT2D eigenvalue weighted by molar-refractivity contribution is 5.93. The topological polar surface area (TPSA) is 127 Å². The number of nitrogens with one attached hydrogen (secondary N) is 1. The van der Waals surface area contributed by atoms with E-state index in [1.807, 2.05) is 0 Å². The van der Waals surface area contributed by atoms with Crippen LogP contribution in [-0.2, 0) is 38.1 Å². The molecule has 0 bridgehead atoms. The Balaban J connectivity index is 1.54. The standard InChI is InChI=1S/C48H84N4O8/c1-41(2)21-29(22-42(3,4)49-41)57-37(53)33-20-34(38(54)58-30-23-43(5,6)50(17)44(7,8)24-30)36(40(56)60-32-27-47(13,14)52(19)48(15,16)28-32)35(33)39(55)59-31-25-45(9,10)51(18)46(11,12)26-31/h29-36,49H,20-28H2,1-19H3. The lowest BCUT2D eigenvalue weighted by atomic mass is 9.78. The third-order valence-electron chi connectivity index (χ3n) is 16.0. The average Bonchev–Trinajstić information content (AvgIpc) is 3.44. The molecule has 5 fully saturated rings. The number of nitrogens with zero attached hydrogens (tertiary/aromatic N) is 3. The van der Waals surface area contributed by atoms with Crippen molar-refractivity contribution in [2.24, 2.45) is 23.7 Å². The fraction of sp³-hybridized carbons (Fsp3) is 0.917. The second kappa shape index (κ2) is 16.1. The summed E-state index contributed by atoms with van der Waals surface area (Å²) in [5.74, 6) is -7.31. The summed E-state index contributed by atoms with van der Waals surface area (Å²) in [6, 6.07) is 0. The molecule has 0 aromatic rings. The van der Waals surface area contributed by atoms with E-state index >= 15 is 9.59 Å². The van der Waals surface area contributed by atoms with Crippen LogP contribution in [0.1, 0.15) is 169 Å². The third kappa shape index (κ3) is 10.2. The molecule has 12 heteroatoms. The first-order valence-corrected chi connectivity index (χ1v) is 22.8. The van der Waals surface area contributed by atoms with Crippen LogP contribution in [0.25, 0.3) is 0 Å². The molecule has 60 heavy (non-hydrogen) atoms. The van der Waals surface area contributed by atoms with Crippen molar-refractivity contribution in [1.29, 1.82) is 0 Å². The first-order chi connectivity index (χ1) is 27.0. The summed E-state index contributed by atoms with van der Waals surface area (Å²) in [7, 11) is 6.27. The number of rotatable bonds is 8. The van der Waals surface area contributed by atoms with Gasteiger partial charge in [0.15, 0.2) is 0 Å². The van der Waals surface area contributed by atoms with Gasteiger partial charge in [0.05, 0.1) is 23.7 Å². The minimum Gasteiger partial charge on any atom is -0.462 e. The molecule has 0 radical (unpaired) electrons. The lowest BCUT2D eigenvalue weighted by Gasteiger charge is -2.53. The molecule has 5 aliphatic rings. The number of hydrogen-bond donors (Lipinski definition) is 1. The van der Waals surface area contributed by atoms with E-state index in [0.717, 1.165) is 0 Å². The van der Waals surface area contributed by atoms with Crippen LogP contribution in [0.3, 0.4) is 0 Å². The molecular formula is C48H84N4O8. The van der Waals surface area contributed by atoms with E-state index in [9.17, 15) is 9.59 Å². The normalized spacial score (nSPS) is 33.1. The van der Waals surface area contributed by atoms with Crippen molar-refractivity contribution in [3.8, 4) is 0 Å². The Bertz CT molecular complexity index is 1580. The number of carbonyl (C=O) groups excluding carboxylic acids is 4. The largest absolute Gasteiger partial charge is 0.462 e. The summed E-state index contributed by atoms with van der Waals surface area (Å²) in [4.78, 5) is 66.5. The quantitative estimate of drug-likeness (QED) is 0.195. The van der Waals surface area contributed by atoms with Gasteiger partial charge in [-0.05, 0) is 138 Å². The number of carbonyl (C=O) groups is 4. The van der Waals surface area contributed by atoms with Crippen LogP contribution < -0.4 is 5.32 Å². The molecule has 344 valence electrons. The molecule has 1 aliphatic carbocycles. The number of esters is 4. The van der Waals surface area contributed by atoms with E-state index < -0.39 is 72.0 Å². The van der Waals surface area contributed by atoms with Crippen LogP contribution in [0, 0.1) is 23.7 Å². The summed E-state index contributed by atoms with van der Waals surface area (Å²) in [5, 5.41) is 3.65.